The molecule has 2 rings (SSSR count). The van der Waals surface area contributed by atoms with Crippen molar-refractivity contribution < 1.29 is 19.4 Å². The molecule has 0 radical (unpaired) electrons. The Bertz CT molecular complexity index is 551. The monoisotopic (exact) mass is 292 g/mol. The van der Waals surface area contributed by atoms with E-state index >= 15 is 0 Å². The smallest absolute Gasteiger partial charge is 0.335 e. The summed E-state index contributed by atoms with van der Waals surface area (Å²) < 4.78 is 5.15. The highest BCUT2D eigenvalue weighted by atomic mass is 16.5. The van der Waals surface area contributed by atoms with Crippen molar-refractivity contribution in [1.82, 2.24) is 0 Å². The van der Waals surface area contributed by atoms with Crippen LogP contribution >= 0.6 is 0 Å². The molecule has 0 aromatic heterocycles. The van der Waals surface area contributed by atoms with Crippen LogP contribution in [0.3, 0.4) is 0 Å². The fourth-order valence-electron chi connectivity index (χ4n) is 2.60. The number of anilines is 1. The first-order valence-electron chi connectivity index (χ1n) is 6.98. The normalized spacial score (nSPS) is 17.0. The minimum atomic E-state index is -1.06. The van der Waals surface area contributed by atoms with Crippen LogP contribution in [-0.2, 0) is 4.79 Å². The van der Waals surface area contributed by atoms with Gasteiger partial charge in [-0.2, -0.15) is 0 Å². The van der Waals surface area contributed by atoms with Gasteiger partial charge in [0.15, 0.2) is 0 Å². The van der Waals surface area contributed by atoms with Gasteiger partial charge in [0.25, 0.3) is 0 Å². The molecule has 0 aliphatic heterocycles. The van der Waals surface area contributed by atoms with Gasteiger partial charge in [-0.3, -0.25) is 4.79 Å². The summed E-state index contributed by atoms with van der Waals surface area (Å²) in [6.07, 6.45) is 4.22. The number of amides is 1. The lowest BCUT2D eigenvalue weighted by Gasteiger charge is -2.32. The lowest BCUT2D eigenvalue weighted by Crippen LogP contribution is -2.52. The van der Waals surface area contributed by atoms with E-state index in [0.29, 0.717) is 24.3 Å². The second-order valence-corrected chi connectivity index (χ2v) is 5.39. The Hall–Kier alpha value is -2.08. The van der Waals surface area contributed by atoms with Crippen LogP contribution in [-0.4, -0.2) is 29.6 Å². The Morgan fingerprint density at radius 3 is 2.52 bits per heavy atom. The number of nitrogens with one attached hydrogen (secondary N) is 1. The summed E-state index contributed by atoms with van der Waals surface area (Å²) in [7, 11) is 1.46. The molecule has 1 aromatic carbocycles. The van der Waals surface area contributed by atoms with Gasteiger partial charge in [0.2, 0.25) is 5.91 Å². The van der Waals surface area contributed by atoms with Crippen LogP contribution < -0.4 is 15.8 Å². The third-order valence-corrected chi connectivity index (χ3v) is 3.89. The van der Waals surface area contributed by atoms with Gasteiger partial charge in [0.05, 0.1) is 23.9 Å². The summed E-state index contributed by atoms with van der Waals surface area (Å²) in [4.78, 5) is 23.4. The lowest BCUT2D eigenvalue weighted by atomic mass is 9.82. The van der Waals surface area contributed by atoms with Crippen molar-refractivity contribution in [1.29, 1.82) is 0 Å². The number of carboxylic acid groups (broad SMARTS) is 1. The largest absolute Gasteiger partial charge is 0.495 e. The van der Waals surface area contributed by atoms with Gasteiger partial charge in [-0.05, 0) is 31.0 Å². The van der Waals surface area contributed by atoms with Crippen molar-refractivity contribution in [2.45, 2.75) is 37.6 Å². The highest BCUT2D eigenvalue weighted by Gasteiger charge is 2.35. The second kappa shape index (κ2) is 6.13. The zero-order chi connectivity index (χ0) is 15.5. The Morgan fingerprint density at radius 2 is 1.95 bits per heavy atom. The average Bonchev–Trinajstić information content (AvgIpc) is 2.47. The van der Waals surface area contributed by atoms with Crippen molar-refractivity contribution in [2.75, 3.05) is 12.4 Å². The Balaban J connectivity index is 2.23. The van der Waals surface area contributed by atoms with Crippen molar-refractivity contribution in [2.24, 2.45) is 5.73 Å². The van der Waals surface area contributed by atoms with E-state index in [9.17, 15) is 9.59 Å². The molecule has 6 nitrogen and oxygen atoms in total. The molecule has 0 saturated heterocycles. The highest BCUT2D eigenvalue weighted by molar-refractivity contribution is 6.00. The zero-order valence-electron chi connectivity index (χ0n) is 12.0. The molecule has 21 heavy (non-hydrogen) atoms. The number of carboxylic acids is 1. The fourth-order valence-corrected chi connectivity index (χ4v) is 2.60. The third-order valence-electron chi connectivity index (χ3n) is 3.89. The minimum absolute atomic E-state index is 0.0841. The van der Waals surface area contributed by atoms with Gasteiger partial charge in [-0.1, -0.05) is 19.3 Å². The molecule has 0 atom stereocenters. The highest BCUT2D eigenvalue weighted by Crippen LogP contribution is 2.30. The van der Waals surface area contributed by atoms with E-state index < -0.39 is 11.5 Å². The SMILES string of the molecule is COc1ccc(C(=O)O)cc1NC(=O)C1(N)CCCCC1. The predicted molar refractivity (Wildman–Crippen MR) is 78.6 cm³/mol. The third kappa shape index (κ3) is 3.33. The van der Waals surface area contributed by atoms with E-state index in [0.717, 1.165) is 19.3 Å². The van der Waals surface area contributed by atoms with E-state index in [1.165, 1.54) is 25.3 Å². The van der Waals surface area contributed by atoms with E-state index in [1.54, 1.807) is 0 Å². The first kappa shape index (κ1) is 15.3. The molecule has 1 fully saturated rings. The number of aromatic carboxylic acids is 1. The van der Waals surface area contributed by atoms with Gasteiger partial charge in [0.1, 0.15) is 5.75 Å². The summed E-state index contributed by atoms with van der Waals surface area (Å²) in [5.74, 6) is -0.941. The first-order valence-corrected chi connectivity index (χ1v) is 6.98. The molecule has 0 heterocycles. The molecule has 1 aliphatic carbocycles. The van der Waals surface area contributed by atoms with Crippen LogP contribution in [0.1, 0.15) is 42.5 Å². The Labute approximate surface area is 123 Å². The quantitative estimate of drug-likeness (QED) is 0.787. The van der Waals surface area contributed by atoms with Crippen LogP contribution in [0.5, 0.6) is 5.75 Å². The van der Waals surface area contributed by atoms with Crippen LogP contribution in [0, 0.1) is 0 Å². The molecular weight excluding hydrogens is 272 g/mol. The summed E-state index contributed by atoms with van der Waals surface area (Å²) in [6, 6.07) is 4.32. The van der Waals surface area contributed by atoms with E-state index in [4.69, 9.17) is 15.6 Å². The number of hydrogen-bond acceptors (Lipinski definition) is 4. The number of carbonyl (C=O) groups excluding carboxylic acids is 1. The number of nitrogens with two attached hydrogens (primary N) is 1. The van der Waals surface area contributed by atoms with Crippen molar-refractivity contribution in [3.8, 4) is 5.75 Å². The molecular formula is C15H20N2O4. The van der Waals surface area contributed by atoms with Gasteiger partial charge < -0.3 is 20.9 Å². The van der Waals surface area contributed by atoms with E-state index in [1.807, 2.05) is 0 Å². The van der Waals surface area contributed by atoms with Crippen LogP contribution in [0.2, 0.25) is 0 Å². The zero-order valence-corrected chi connectivity index (χ0v) is 12.0. The van der Waals surface area contributed by atoms with Crippen molar-refractivity contribution >= 4 is 17.6 Å². The number of carbonyl (C=O) groups is 2. The summed E-state index contributed by atoms with van der Waals surface area (Å²) in [6.45, 7) is 0. The molecule has 1 aliphatic rings. The van der Waals surface area contributed by atoms with Gasteiger partial charge in [0, 0.05) is 0 Å². The van der Waals surface area contributed by atoms with Crippen LogP contribution in [0.15, 0.2) is 18.2 Å². The van der Waals surface area contributed by atoms with Gasteiger partial charge >= 0.3 is 5.97 Å². The number of benzene rings is 1. The summed E-state index contributed by atoms with van der Waals surface area (Å²) in [5, 5.41) is 11.7. The molecule has 1 saturated carbocycles. The van der Waals surface area contributed by atoms with Gasteiger partial charge in [-0.25, -0.2) is 4.79 Å². The number of methoxy groups -OCH3 is 1. The summed E-state index contributed by atoms with van der Waals surface area (Å²) in [5.41, 5.74) is 5.70. The number of rotatable bonds is 4. The Morgan fingerprint density at radius 1 is 1.29 bits per heavy atom. The molecule has 6 heteroatoms. The van der Waals surface area contributed by atoms with Crippen LogP contribution in [0.25, 0.3) is 0 Å². The maximum Gasteiger partial charge on any atom is 0.335 e. The second-order valence-electron chi connectivity index (χ2n) is 5.39. The fraction of sp³-hybridized carbons (Fsp3) is 0.467. The number of ether oxygens (including phenoxy) is 1. The Kier molecular flexibility index (Phi) is 4.47. The standard InChI is InChI=1S/C15H20N2O4/c1-21-12-6-5-10(13(18)19)9-11(12)17-14(20)15(16)7-3-2-4-8-15/h5-6,9H,2-4,7-8,16H2,1H3,(H,17,20)(H,18,19). The molecule has 1 amide bonds. The van der Waals surface area contributed by atoms with Crippen molar-refractivity contribution in [3.63, 3.8) is 0 Å². The lowest BCUT2D eigenvalue weighted by molar-refractivity contribution is -0.122. The van der Waals surface area contributed by atoms with E-state index in [2.05, 4.69) is 5.32 Å². The molecule has 0 spiro atoms. The molecule has 1 aromatic rings. The van der Waals surface area contributed by atoms with Gasteiger partial charge in [-0.15, -0.1) is 0 Å². The molecule has 0 bridgehead atoms. The summed E-state index contributed by atoms with van der Waals surface area (Å²) >= 11 is 0. The predicted octanol–water partition coefficient (Wildman–Crippen LogP) is 1.99. The first-order chi connectivity index (χ1) is 9.96. The van der Waals surface area contributed by atoms with Crippen LogP contribution in [0.4, 0.5) is 5.69 Å². The molecule has 114 valence electrons. The molecule has 4 N–H and O–H groups in total. The maximum atomic E-state index is 12.4. The molecule has 0 unspecified atom stereocenters. The number of hydrogen-bond donors (Lipinski definition) is 3. The van der Waals surface area contributed by atoms with Crippen molar-refractivity contribution in [3.05, 3.63) is 23.8 Å². The average molecular weight is 292 g/mol. The maximum absolute atomic E-state index is 12.4. The van der Waals surface area contributed by atoms with E-state index in [-0.39, 0.29) is 11.5 Å². The minimum Gasteiger partial charge on any atom is -0.495 e. The topological polar surface area (TPSA) is 102 Å².